The van der Waals surface area contributed by atoms with Crippen LogP contribution in [0.4, 0.5) is 5.82 Å². The maximum absolute atomic E-state index is 12.7. The number of hydrogen-bond donors (Lipinski definition) is 1. The zero-order valence-corrected chi connectivity index (χ0v) is 19.9. The molecule has 13 heteroatoms. The molecule has 33 heavy (non-hydrogen) atoms. The summed E-state index contributed by atoms with van der Waals surface area (Å²) in [7, 11) is -3.46. The van der Waals surface area contributed by atoms with Gasteiger partial charge in [0.2, 0.25) is 10.0 Å². The van der Waals surface area contributed by atoms with E-state index in [2.05, 4.69) is 26.3 Å². The molecule has 1 fully saturated rings. The normalized spacial score (nSPS) is 14.7. The molecule has 1 aromatic carbocycles. The predicted molar refractivity (Wildman–Crippen MR) is 126 cm³/mol. The molecule has 0 saturated carbocycles. The Bertz CT molecular complexity index is 1500. The van der Waals surface area contributed by atoms with E-state index in [9.17, 15) is 13.7 Å². The zero-order valence-electron chi connectivity index (χ0n) is 17.5. The van der Waals surface area contributed by atoms with Crippen molar-refractivity contribution in [3.63, 3.8) is 0 Å². The molecule has 10 nitrogen and oxygen atoms in total. The van der Waals surface area contributed by atoms with Crippen LogP contribution in [0.25, 0.3) is 27.6 Å². The van der Waals surface area contributed by atoms with Crippen molar-refractivity contribution in [2.45, 2.75) is 22.8 Å². The van der Waals surface area contributed by atoms with E-state index in [0.29, 0.717) is 45.7 Å². The average molecular weight is 499 g/mol. The highest BCUT2D eigenvalue weighted by Gasteiger charge is 2.27. The van der Waals surface area contributed by atoms with Crippen molar-refractivity contribution in [1.29, 1.82) is 5.26 Å². The van der Waals surface area contributed by atoms with Crippen molar-refractivity contribution in [1.82, 2.24) is 29.1 Å². The molecule has 0 unspecified atom stereocenters. The number of fused-ring (bicyclic) bond motifs is 1. The Hall–Kier alpha value is -3.05. The first-order valence-electron chi connectivity index (χ1n) is 9.99. The monoisotopic (exact) mass is 498 g/mol. The number of benzene rings is 1. The first kappa shape index (κ1) is 21.8. The lowest BCUT2D eigenvalue weighted by molar-refractivity contribution is 0.477. The van der Waals surface area contributed by atoms with Crippen LogP contribution in [0, 0.1) is 11.3 Å². The van der Waals surface area contributed by atoms with Gasteiger partial charge in [0.25, 0.3) is 0 Å². The summed E-state index contributed by atoms with van der Waals surface area (Å²) >= 11 is 2.67. The molecule has 168 valence electrons. The molecule has 0 amide bonds. The number of thiazole rings is 1. The van der Waals surface area contributed by atoms with Crippen LogP contribution in [-0.4, -0.2) is 56.9 Å². The van der Waals surface area contributed by atoms with Crippen LogP contribution in [0.3, 0.4) is 0 Å². The molecule has 2 N–H and O–H groups in total. The van der Waals surface area contributed by atoms with E-state index in [4.69, 9.17) is 5.73 Å². The number of nitrogens with zero attached hydrogens (tertiary/aromatic N) is 7. The van der Waals surface area contributed by atoms with Crippen LogP contribution >= 0.6 is 23.1 Å². The van der Waals surface area contributed by atoms with Crippen molar-refractivity contribution in [2.75, 3.05) is 25.1 Å². The average Bonchev–Trinajstić information content (AvgIpc) is 3.59. The van der Waals surface area contributed by atoms with Crippen LogP contribution in [0.15, 0.2) is 39.6 Å². The third kappa shape index (κ3) is 3.65. The van der Waals surface area contributed by atoms with Gasteiger partial charge in [-0.25, -0.2) is 13.4 Å². The molecule has 3 aromatic heterocycles. The van der Waals surface area contributed by atoms with Gasteiger partial charge in [0.1, 0.15) is 21.7 Å². The molecular formula is C20H18N8O2S3. The molecule has 4 aromatic rings. The summed E-state index contributed by atoms with van der Waals surface area (Å²) in [6, 6.07) is 8.81. The Balaban J connectivity index is 1.47. The first-order chi connectivity index (χ1) is 15.9. The number of aromatic nitrogens is 5. The Morgan fingerprint density at radius 2 is 1.91 bits per heavy atom. The highest BCUT2D eigenvalue weighted by molar-refractivity contribution is 7.98. The molecule has 0 aliphatic carbocycles. The summed E-state index contributed by atoms with van der Waals surface area (Å²) in [4.78, 5) is 4.90. The van der Waals surface area contributed by atoms with Crippen LogP contribution in [0.5, 0.6) is 0 Å². The molecule has 0 spiro atoms. The molecule has 4 heterocycles. The van der Waals surface area contributed by atoms with Gasteiger partial charge in [0.05, 0.1) is 10.6 Å². The molecule has 0 atom stereocenters. The lowest BCUT2D eigenvalue weighted by Gasteiger charge is -2.15. The van der Waals surface area contributed by atoms with Gasteiger partial charge in [-0.15, -0.1) is 33.3 Å². The Morgan fingerprint density at radius 3 is 2.58 bits per heavy atom. The van der Waals surface area contributed by atoms with Gasteiger partial charge >= 0.3 is 0 Å². The minimum Gasteiger partial charge on any atom is -0.382 e. The van der Waals surface area contributed by atoms with Crippen LogP contribution < -0.4 is 5.73 Å². The third-order valence-corrected chi connectivity index (χ3v) is 8.84. The van der Waals surface area contributed by atoms with E-state index in [1.54, 1.807) is 24.3 Å². The summed E-state index contributed by atoms with van der Waals surface area (Å²) < 4.78 is 28.4. The van der Waals surface area contributed by atoms with E-state index in [1.165, 1.54) is 31.9 Å². The number of hydrogen-bond acceptors (Lipinski definition) is 10. The maximum atomic E-state index is 12.7. The second kappa shape index (κ2) is 8.38. The van der Waals surface area contributed by atoms with Crippen molar-refractivity contribution in [3.05, 3.63) is 35.2 Å². The SMILES string of the molecule is CSc1nn2c(N)c(-c3nc(-c4ccc(S(=O)(=O)N5CCCC5)cc4)cs3)nnc2c1C#N. The van der Waals surface area contributed by atoms with E-state index < -0.39 is 10.0 Å². The standard InChI is InChI=1S/C20H18N8O2S3/c1-31-19-14(10-21)18-25-24-16(17(22)28(18)26-19)20-23-15(11-32-20)12-4-6-13(7-5-12)33(29,30)27-8-2-3-9-27/h4-7,11H,2-3,8-9,22H2,1H3. The van der Waals surface area contributed by atoms with Crippen LogP contribution in [0.2, 0.25) is 0 Å². The van der Waals surface area contributed by atoms with Crippen molar-refractivity contribution < 1.29 is 8.42 Å². The quantitative estimate of drug-likeness (QED) is 0.411. The Labute approximate surface area is 198 Å². The molecular weight excluding hydrogens is 480 g/mol. The topological polar surface area (TPSA) is 143 Å². The fraction of sp³-hybridized carbons (Fsp3) is 0.250. The summed E-state index contributed by atoms with van der Waals surface area (Å²) in [6.45, 7) is 1.13. The predicted octanol–water partition coefficient (Wildman–Crippen LogP) is 2.88. The van der Waals surface area contributed by atoms with Gasteiger partial charge < -0.3 is 5.73 Å². The van der Waals surface area contributed by atoms with Gasteiger partial charge in [0.15, 0.2) is 17.2 Å². The number of nitrogen functional groups attached to an aromatic ring is 1. The van der Waals surface area contributed by atoms with E-state index >= 15 is 0 Å². The highest BCUT2D eigenvalue weighted by Crippen LogP contribution is 2.33. The second-order valence-electron chi connectivity index (χ2n) is 7.34. The fourth-order valence-corrected chi connectivity index (χ4v) is 6.52. The number of rotatable bonds is 5. The number of sulfonamides is 1. The number of nitriles is 1. The van der Waals surface area contributed by atoms with Crippen LogP contribution in [0.1, 0.15) is 18.4 Å². The maximum Gasteiger partial charge on any atom is 0.243 e. The van der Waals surface area contributed by atoms with Gasteiger partial charge in [0, 0.05) is 24.0 Å². The smallest absolute Gasteiger partial charge is 0.243 e. The van der Waals surface area contributed by atoms with Gasteiger partial charge in [-0.2, -0.15) is 19.2 Å². The molecule has 1 saturated heterocycles. The first-order valence-corrected chi connectivity index (χ1v) is 13.5. The molecule has 5 rings (SSSR count). The number of anilines is 1. The summed E-state index contributed by atoms with van der Waals surface area (Å²) in [5.41, 5.74) is 8.74. The third-order valence-electron chi connectivity index (χ3n) is 5.41. The lowest BCUT2D eigenvalue weighted by Crippen LogP contribution is -2.27. The zero-order chi connectivity index (χ0) is 23.2. The van der Waals surface area contributed by atoms with E-state index in [0.717, 1.165) is 18.4 Å². The molecule has 0 radical (unpaired) electrons. The largest absolute Gasteiger partial charge is 0.382 e. The van der Waals surface area contributed by atoms with Crippen molar-refractivity contribution >= 4 is 44.6 Å². The highest BCUT2D eigenvalue weighted by atomic mass is 32.2. The lowest BCUT2D eigenvalue weighted by atomic mass is 10.2. The Kier molecular flexibility index (Phi) is 5.53. The molecule has 0 bridgehead atoms. The molecule has 1 aliphatic rings. The summed E-state index contributed by atoms with van der Waals surface area (Å²) in [6.07, 6.45) is 3.61. The second-order valence-corrected chi connectivity index (χ2v) is 10.9. The van der Waals surface area contributed by atoms with Crippen molar-refractivity contribution in [3.8, 4) is 28.0 Å². The fourth-order valence-electron chi connectivity index (χ4n) is 3.68. The van der Waals surface area contributed by atoms with Gasteiger partial charge in [-0.1, -0.05) is 12.1 Å². The molecule has 1 aliphatic heterocycles. The van der Waals surface area contributed by atoms with Gasteiger partial charge in [-0.05, 0) is 31.2 Å². The number of nitrogens with two attached hydrogens (primary N) is 1. The van der Waals surface area contributed by atoms with E-state index in [1.807, 2.05) is 11.6 Å². The Morgan fingerprint density at radius 1 is 1.18 bits per heavy atom. The van der Waals surface area contributed by atoms with Gasteiger partial charge in [-0.3, -0.25) is 0 Å². The van der Waals surface area contributed by atoms with E-state index in [-0.39, 0.29) is 10.7 Å². The number of thioether (sulfide) groups is 1. The van der Waals surface area contributed by atoms with Crippen LogP contribution in [-0.2, 0) is 10.0 Å². The minimum absolute atomic E-state index is 0.241. The minimum atomic E-state index is -3.46. The van der Waals surface area contributed by atoms with Crippen molar-refractivity contribution in [2.24, 2.45) is 0 Å². The summed E-state index contributed by atoms with van der Waals surface area (Å²) in [5, 5.41) is 25.0. The summed E-state index contributed by atoms with van der Waals surface area (Å²) in [5.74, 6) is 0.241.